The summed E-state index contributed by atoms with van der Waals surface area (Å²) in [5.41, 5.74) is 3.67. The molecule has 3 N–H and O–H groups in total. The van der Waals surface area contributed by atoms with Gasteiger partial charge in [-0.1, -0.05) is 35.4 Å². The second-order valence-electron chi connectivity index (χ2n) is 8.22. The van der Waals surface area contributed by atoms with Gasteiger partial charge < -0.3 is 16.0 Å². The van der Waals surface area contributed by atoms with Crippen molar-refractivity contribution in [3.8, 4) is 0 Å². The lowest BCUT2D eigenvalue weighted by molar-refractivity contribution is 0.243. The highest BCUT2D eigenvalue weighted by Gasteiger charge is 2.20. The molecule has 172 valence electrons. The van der Waals surface area contributed by atoms with Crippen molar-refractivity contribution >= 4 is 54.0 Å². The Morgan fingerprint density at radius 1 is 1.18 bits per heavy atom. The average Bonchev–Trinajstić information content (AvgIpc) is 3.18. The predicted octanol–water partition coefficient (Wildman–Crippen LogP) is 3.45. The van der Waals surface area contributed by atoms with Gasteiger partial charge in [-0.15, -0.1) is 0 Å². The number of amides is 2. The number of carbonyl (C=O) groups is 1. The number of rotatable bonds is 8. The second kappa shape index (κ2) is 10.9. The molecule has 2 aromatic heterocycles. The van der Waals surface area contributed by atoms with E-state index in [1.54, 1.807) is 0 Å². The quantitative estimate of drug-likeness (QED) is 0.395. The van der Waals surface area contributed by atoms with E-state index in [0.717, 1.165) is 77.0 Å². The Morgan fingerprint density at radius 2 is 2.03 bits per heavy atom. The highest BCUT2D eigenvalue weighted by molar-refractivity contribution is 6.36. The van der Waals surface area contributed by atoms with Crippen molar-refractivity contribution in [2.75, 3.05) is 18.4 Å². The van der Waals surface area contributed by atoms with Crippen molar-refractivity contribution in [1.29, 1.82) is 0 Å². The van der Waals surface area contributed by atoms with Crippen LogP contribution in [0.15, 0.2) is 58.4 Å². The molecule has 2 aliphatic carbocycles. The van der Waals surface area contributed by atoms with Gasteiger partial charge in [0.2, 0.25) is 0 Å². The molecule has 2 heterocycles. The van der Waals surface area contributed by atoms with Crippen molar-refractivity contribution in [2.24, 2.45) is 0 Å². The molecule has 1 atom stereocenters. The Hall–Kier alpha value is -2.71. The summed E-state index contributed by atoms with van der Waals surface area (Å²) in [7, 11) is 2.01. The molecule has 10 heteroatoms. The maximum Gasteiger partial charge on any atom is 0.318 e. The number of hydrogen-bond donors (Lipinski definition) is 3. The van der Waals surface area contributed by atoms with Crippen LogP contribution in [0.5, 0.6) is 0 Å². The number of allylic oxidation sites excluding steroid dienone is 8. The number of anilines is 1. The topological polar surface area (TPSA) is 83.3 Å². The van der Waals surface area contributed by atoms with E-state index in [1.807, 2.05) is 48.9 Å². The number of unbranched alkanes of at least 4 members (excludes halogenated alkanes) is 1. The van der Waals surface area contributed by atoms with Gasteiger partial charge in [0.25, 0.3) is 0 Å². The Bertz CT molecular complexity index is 1150. The summed E-state index contributed by atoms with van der Waals surface area (Å²) in [5, 5.41) is 15.3. The van der Waals surface area contributed by atoms with E-state index in [0.29, 0.717) is 6.54 Å². The van der Waals surface area contributed by atoms with E-state index >= 15 is 0 Å². The van der Waals surface area contributed by atoms with E-state index in [2.05, 4.69) is 27.1 Å². The van der Waals surface area contributed by atoms with Crippen LogP contribution >= 0.6 is 23.2 Å². The van der Waals surface area contributed by atoms with Crippen LogP contribution in [0, 0.1) is 0 Å². The highest BCUT2D eigenvalue weighted by atomic mass is 35.5. The normalized spacial score (nSPS) is 17.9. The minimum atomic E-state index is -0.181. The Morgan fingerprint density at radius 3 is 2.82 bits per heavy atom. The zero-order valence-corrected chi connectivity index (χ0v) is 20.1. The number of aromatic nitrogens is 3. The molecule has 33 heavy (non-hydrogen) atoms. The molecule has 0 saturated heterocycles. The van der Waals surface area contributed by atoms with Crippen LogP contribution in [0.3, 0.4) is 0 Å². The largest absolute Gasteiger partial charge is 0.370 e. The van der Waals surface area contributed by atoms with E-state index < -0.39 is 0 Å². The lowest BCUT2D eigenvalue weighted by Gasteiger charge is -2.18. The first-order valence-corrected chi connectivity index (χ1v) is 12.0. The number of halogens is 2. The first kappa shape index (κ1) is 23.5. The number of nitrogens with zero attached hydrogens (tertiary/aromatic N) is 3. The van der Waals surface area contributed by atoms with Crippen LogP contribution in [0.4, 0.5) is 10.6 Å². The standard InChI is InChI=1S/C23H27BCl2N6O/c24-18-14-29-32-21(13-20(31-22(18)32)17-5-1-2-6-19(17)26)27-11-3-4-12-28-23(33)30-16-9-7-15(25)8-10-16/h1-2,6-7,9,13-14,17,27H,3-5,8,10-12,24H2,(H2,28,30,33). The summed E-state index contributed by atoms with van der Waals surface area (Å²) in [6.45, 7) is 1.35. The average molecular weight is 485 g/mol. The summed E-state index contributed by atoms with van der Waals surface area (Å²) in [6, 6.07) is 1.85. The molecule has 7 nitrogen and oxygen atoms in total. The number of nitrogens with one attached hydrogen (secondary N) is 3. The number of carbonyl (C=O) groups excluding carboxylic acids is 1. The fourth-order valence-corrected chi connectivity index (χ4v) is 4.27. The molecule has 0 bridgehead atoms. The van der Waals surface area contributed by atoms with Crippen LogP contribution in [0.2, 0.25) is 0 Å². The van der Waals surface area contributed by atoms with Gasteiger partial charge in [0.15, 0.2) is 5.65 Å². The molecule has 0 saturated carbocycles. The molecule has 2 aliphatic rings. The van der Waals surface area contributed by atoms with E-state index in [9.17, 15) is 4.79 Å². The summed E-state index contributed by atoms with van der Waals surface area (Å²) in [4.78, 5) is 16.9. The molecule has 0 radical (unpaired) electrons. The molecule has 0 spiro atoms. The van der Waals surface area contributed by atoms with Crippen molar-refractivity contribution < 1.29 is 4.79 Å². The van der Waals surface area contributed by atoms with Gasteiger partial charge in [0.1, 0.15) is 13.7 Å². The maximum atomic E-state index is 12.0. The van der Waals surface area contributed by atoms with Gasteiger partial charge in [-0.2, -0.15) is 9.61 Å². The Labute approximate surface area is 204 Å². The van der Waals surface area contributed by atoms with Crippen LogP contribution in [0.1, 0.15) is 43.7 Å². The molecule has 0 aromatic carbocycles. The molecular weight excluding hydrogens is 458 g/mol. The lowest BCUT2D eigenvalue weighted by Crippen LogP contribution is -2.35. The summed E-state index contributed by atoms with van der Waals surface area (Å²) in [6.07, 6.45) is 15.6. The minimum Gasteiger partial charge on any atom is -0.370 e. The molecule has 2 aromatic rings. The molecular formula is C23H27BCl2N6O. The van der Waals surface area contributed by atoms with Crippen LogP contribution in [-0.2, 0) is 0 Å². The Kier molecular flexibility index (Phi) is 7.78. The third-order valence-electron chi connectivity index (χ3n) is 5.69. The van der Waals surface area contributed by atoms with Crippen LogP contribution in [0.25, 0.3) is 5.65 Å². The predicted molar refractivity (Wildman–Crippen MR) is 137 cm³/mol. The molecule has 1 unspecified atom stereocenters. The van der Waals surface area contributed by atoms with Crippen molar-refractivity contribution in [3.05, 3.63) is 64.1 Å². The number of fused-ring (bicyclic) bond motifs is 1. The molecule has 4 rings (SSSR count). The first-order valence-electron chi connectivity index (χ1n) is 11.2. The first-order chi connectivity index (χ1) is 16.0. The second-order valence-corrected chi connectivity index (χ2v) is 9.14. The minimum absolute atomic E-state index is 0.0602. The van der Waals surface area contributed by atoms with Gasteiger partial charge >= 0.3 is 6.03 Å². The van der Waals surface area contributed by atoms with Crippen LogP contribution in [-0.4, -0.2) is 41.6 Å². The van der Waals surface area contributed by atoms with Gasteiger partial charge in [0.05, 0.1) is 5.69 Å². The zero-order valence-electron chi connectivity index (χ0n) is 18.6. The number of hydrogen-bond acceptors (Lipinski definition) is 4. The fourth-order valence-electron chi connectivity index (χ4n) is 3.84. The summed E-state index contributed by atoms with van der Waals surface area (Å²) in [5.74, 6) is 0.953. The lowest BCUT2D eigenvalue weighted by atomic mass is 9.96. The van der Waals surface area contributed by atoms with E-state index in [-0.39, 0.29) is 11.9 Å². The van der Waals surface area contributed by atoms with Crippen molar-refractivity contribution in [3.63, 3.8) is 0 Å². The van der Waals surface area contributed by atoms with Crippen molar-refractivity contribution in [1.82, 2.24) is 25.2 Å². The fraction of sp³-hybridized carbons (Fsp3) is 0.348. The molecule has 0 aliphatic heterocycles. The third kappa shape index (κ3) is 6.00. The number of urea groups is 1. The summed E-state index contributed by atoms with van der Waals surface area (Å²) >= 11 is 12.4. The smallest absolute Gasteiger partial charge is 0.318 e. The van der Waals surface area contributed by atoms with Crippen molar-refractivity contribution in [2.45, 2.75) is 38.0 Å². The van der Waals surface area contributed by atoms with E-state index in [1.165, 1.54) is 0 Å². The van der Waals surface area contributed by atoms with Gasteiger partial charge in [0, 0.05) is 47.0 Å². The molecule has 0 fully saturated rings. The van der Waals surface area contributed by atoms with Gasteiger partial charge in [-0.05, 0) is 55.8 Å². The SMILES string of the molecule is Bc1cnn2c(NCCCCNC(=O)NC3=CC=C(Cl)CC3)cc(C3CC=CC=C3Cl)nc12. The Balaban J connectivity index is 1.28. The van der Waals surface area contributed by atoms with Gasteiger partial charge in [-0.25, -0.2) is 9.78 Å². The molecule has 2 amide bonds. The van der Waals surface area contributed by atoms with Gasteiger partial charge in [-0.3, -0.25) is 0 Å². The van der Waals surface area contributed by atoms with E-state index in [4.69, 9.17) is 28.2 Å². The monoisotopic (exact) mass is 484 g/mol. The third-order valence-corrected chi connectivity index (χ3v) is 6.39. The van der Waals surface area contributed by atoms with Crippen LogP contribution < -0.4 is 21.4 Å². The highest BCUT2D eigenvalue weighted by Crippen LogP contribution is 2.33. The zero-order chi connectivity index (χ0) is 23.2. The summed E-state index contributed by atoms with van der Waals surface area (Å²) < 4.78 is 1.83. The maximum absolute atomic E-state index is 12.0.